The van der Waals surface area contributed by atoms with Crippen molar-refractivity contribution in [2.75, 3.05) is 0 Å². The maximum absolute atomic E-state index is 12.6. The van der Waals surface area contributed by atoms with E-state index in [-0.39, 0.29) is 4.90 Å². The maximum atomic E-state index is 12.6. The Morgan fingerprint density at radius 3 is 2.24 bits per heavy atom. The minimum absolute atomic E-state index is 0.0569. The fourth-order valence-corrected chi connectivity index (χ4v) is 3.45. The molecule has 1 aromatic heterocycles. The molecule has 3 rings (SSSR count). The number of sulfonamides is 1. The van der Waals surface area contributed by atoms with Gasteiger partial charge >= 0.3 is 0 Å². The average Bonchev–Trinajstić information content (AvgIpc) is 3.12. The van der Waals surface area contributed by atoms with Gasteiger partial charge in [0.15, 0.2) is 0 Å². The van der Waals surface area contributed by atoms with E-state index in [9.17, 15) is 13.2 Å². The molecular formula is C17H16N4O3S. The number of hydrogen-bond acceptors (Lipinski definition) is 4. The summed E-state index contributed by atoms with van der Waals surface area (Å²) in [7, 11) is -3.97. The largest absolute Gasteiger partial charge is 0.368 e. The minimum Gasteiger partial charge on any atom is -0.368 e. The van der Waals surface area contributed by atoms with Gasteiger partial charge in [0.25, 0.3) is 0 Å². The second kappa shape index (κ2) is 6.88. The van der Waals surface area contributed by atoms with Gasteiger partial charge < -0.3 is 5.73 Å². The fraction of sp³-hybridized carbons (Fsp3) is 0.0588. The molecule has 0 spiro atoms. The van der Waals surface area contributed by atoms with Crippen LogP contribution < -0.4 is 10.5 Å². The summed E-state index contributed by atoms with van der Waals surface area (Å²) >= 11 is 0. The molecule has 1 atom stereocenters. The quantitative estimate of drug-likeness (QED) is 0.695. The molecule has 1 amide bonds. The topological polar surface area (TPSA) is 107 Å². The molecule has 0 aliphatic heterocycles. The highest BCUT2D eigenvalue weighted by Crippen LogP contribution is 2.18. The molecule has 0 saturated heterocycles. The molecular weight excluding hydrogens is 340 g/mol. The van der Waals surface area contributed by atoms with Gasteiger partial charge in [0, 0.05) is 0 Å². The molecule has 0 aliphatic rings. The van der Waals surface area contributed by atoms with Gasteiger partial charge in [-0.15, -0.1) is 0 Å². The van der Waals surface area contributed by atoms with Gasteiger partial charge in [-0.3, -0.25) is 4.79 Å². The van der Waals surface area contributed by atoms with Gasteiger partial charge in [-0.05, 0) is 17.7 Å². The molecule has 0 radical (unpaired) electrons. The summed E-state index contributed by atoms with van der Waals surface area (Å²) in [6, 6.07) is 16.4. The Kier molecular flexibility index (Phi) is 4.64. The van der Waals surface area contributed by atoms with Crippen molar-refractivity contribution in [1.29, 1.82) is 0 Å². The van der Waals surface area contributed by atoms with Crippen LogP contribution in [0.15, 0.2) is 78.0 Å². The smallest absolute Gasteiger partial charge is 0.244 e. The Morgan fingerprint density at radius 2 is 1.64 bits per heavy atom. The predicted octanol–water partition coefficient (Wildman–Crippen LogP) is 1.38. The lowest BCUT2D eigenvalue weighted by molar-refractivity contribution is -0.119. The number of carbonyl (C=O) groups excluding carboxylic acids is 1. The number of rotatable bonds is 6. The average molecular weight is 356 g/mol. The number of hydrogen-bond donors (Lipinski definition) is 2. The lowest BCUT2D eigenvalue weighted by Gasteiger charge is -2.15. The fourth-order valence-electron chi connectivity index (χ4n) is 2.33. The van der Waals surface area contributed by atoms with Crippen molar-refractivity contribution in [2.45, 2.75) is 10.9 Å². The first-order valence-electron chi connectivity index (χ1n) is 7.44. The summed E-state index contributed by atoms with van der Waals surface area (Å²) in [5.74, 6) is -0.787. The van der Waals surface area contributed by atoms with Crippen LogP contribution in [0, 0.1) is 0 Å². The summed E-state index contributed by atoms with van der Waals surface area (Å²) in [6.45, 7) is 0. The molecule has 3 N–H and O–H groups in total. The van der Waals surface area contributed by atoms with Gasteiger partial charge in [-0.25, -0.2) is 13.1 Å². The van der Waals surface area contributed by atoms with Gasteiger partial charge in [0.2, 0.25) is 15.9 Å². The van der Waals surface area contributed by atoms with E-state index in [4.69, 9.17) is 5.73 Å². The number of nitrogens with one attached hydrogen (secondary N) is 1. The summed E-state index contributed by atoms with van der Waals surface area (Å²) in [6.07, 6.45) is 2.60. The number of aromatic nitrogens is 2. The monoisotopic (exact) mass is 356 g/mol. The van der Waals surface area contributed by atoms with E-state index in [2.05, 4.69) is 9.82 Å². The summed E-state index contributed by atoms with van der Waals surface area (Å²) < 4.78 is 29.0. The predicted molar refractivity (Wildman–Crippen MR) is 92.3 cm³/mol. The number of nitrogens with two attached hydrogens (primary N) is 1. The van der Waals surface area contributed by atoms with E-state index in [0.29, 0.717) is 5.56 Å². The Labute approximate surface area is 145 Å². The van der Waals surface area contributed by atoms with Crippen LogP contribution in [0.5, 0.6) is 0 Å². The zero-order valence-corrected chi connectivity index (χ0v) is 13.9. The third kappa shape index (κ3) is 3.76. The van der Waals surface area contributed by atoms with Gasteiger partial charge in [-0.1, -0.05) is 48.5 Å². The van der Waals surface area contributed by atoms with E-state index < -0.39 is 22.0 Å². The van der Waals surface area contributed by atoms with Crippen molar-refractivity contribution in [3.8, 4) is 5.69 Å². The Morgan fingerprint density at radius 1 is 1.04 bits per heavy atom. The third-order valence-corrected chi connectivity index (χ3v) is 4.96. The van der Waals surface area contributed by atoms with Crippen molar-refractivity contribution >= 4 is 15.9 Å². The molecule has 2 aromatic carbocycles. The molecule has 7 nitrogen and oxygen atoms in total. The van der Waals surface area contributed by atoms with E-state index in [1.165, 1.54) is 17.1 Å². The molecule has 0 aliphatic carbocycles. The Bertz CT molecular complexity index is 969. The van der Waals surface area contributed by atoms with Gasteiger partial charge in [0.1, 0.15) is 10.9 Å². The Balaban J connectivity index is 1.89. The van der Waals surface area contributed by atoms with Crippen LogP contribution in [0.1, 0.15) is 11.6 Å². The highest BCUT2D eigenvalue weighted by molar-refractivity contribution is 7.89. The Hall–Kier alpha value is -2.97. The molecule has 0 saturated carbocycles. The van der Waals surface area contributed by atoms with Crippen molar-refractivity contribution < 1.29 is 13.2 Å². The van der Waals surface area contributed by atoms with Gasteiger partial charge in [0.05, 0.1) is 18.1 Å². The van der Waals surface area contributed by atoms with Gasteiger partial charge in [-0.2, -0.15) is 9.82 Å². The molecule has 25 heavy (non-hydrogen) atoms. The number of nitrogens with zero attached hydrogens (tertiary/aromatic N) is 2. The molecule has 0 fully saturated rings. The van der Waals surface area contributed by atoms with Crippen molar-refractivity contribution in [3.63, 3.8) is 0 Å². The molecule has 128 valence electrons. The van der Waals surface area contributed by atoms with Crippen LogP contribution in [-0.4, -0.2) is 24.1 Å². The van der Waals surface area contributed by atoms with Crippen molar-refractivity contribution in [2.24, 2.45) is 5.73 Å². The standard InChI is InChI=1S/C17H16N4O3S/c18-17(22)16(13-7-3-1-4-8-13)20-25(23,24)15-11-19-21(12-15)14-9-5-2-6-10-14/h1-12,16,20H,(H2,18,22). The van der Waals surface area contributed by atoms with Crippen molar-refractivity contribution in [3.05, 3.63) is 78.6 Å². The first-order chi connectivity index (χ1) is 12.0. The van der Waals surface area contributed by atoms with Crippen LogP contribution in [0.25, 0.3) is 5.69 Å². The van der Waals surface area contributed by atoms with Crippen LogP contribution in [0.4, 0.5) is 0 Å². The summed E-state index contributed by atoms with van der Waals surface area (Å²) in [4.78, 5) is 11.7. The van der Waals surface area contributed by atoms with Crippen LogP contribution in [-0.2, 0) is 14.8 Å². The molecule has 1 heterocycles. The van der Waals surface area contributed by atoms with Crippen molar-refractivity contribution in [1.82, 2.24) is 14.5 Å². The first-order valence-corrected chi connectivity index (χ1v) is 8.92. The van der Waals surface area contributed by atoms with Crippen LogP contribution in [0.2, 0.25) is 0 Å². The number of para-hydroxylation sites is 1. The van der Waals surface area contributed by atoms with Crippen LogP contribution >= 0.6 is 0 Å². The molecule has 0 bridgehead atoms. The molecule has 1 unspecified atom stereocenters. The minimum atomic E-state index is -3.97. The lowest BCUT2D eigenvalue weighted by atomic mass is 10.1. The van der Waals surface area contributed by atoms with Crippen LogP contribution in [0.3, 0.4) is 0 Å². The SMILES string of the molecule is NC(=O)C(NS(=O)(=O)c1cnn(-c2ccccc2)c1)c1ccccc1. The number of carbonyl (C=O) groups is 1. The van der Waals surface area contributed by atoms with E-state index >= 15 is 0 Å². The molecule has 3 aromatic rings. The second-order valence-corrected chi connectivity index (χ2v) is 7.04. The second-order valence-electron chi connectivity index (χ2n) is 5.32. The van der Waals surface area contributed by atoms with E-state index in [1.807, 2.05) is 18.2 Å². The summed E-state index contributed by atoms with van der Waals surface area (Å²) in [5, 5.41) is 4.06. The highest BCUT2D eigenvalue weighted by atomic mass is 32.2. The van der Waals surface area contributed by atoms with E-state index in [1.54, 1.807) is 42.5 Å². The molecule has 8 heteroatoms. The number of benzene rings is 2. The zero-order chi connectivity index (χ0) is 17.9. The first kappa shape index (κ1) is 16.9. The number of primary amides is 1. The number of amides is 1. The summed E-state index contributed by atoms with van der Waals surface area (Å²) in [5.41, 5.74) is 6.55. The van der Waals surface area contributed by atoms with E-state index in [0.717, 1.165) is 5.69 Å². The lowest BCUT2D eigenvalue weighted by Crippen LogP contribution is -2.37. The third-order valence-electron chi connectivity index (χ3n) is 3.58. The highest BCUT2D eigenvalue weighted by Gasteiger charge is 2.26. The normalized spacial score (nSPS) is 12.6. The maximum Gasteiger partial charge on any atom is 0.244 e. The zero-order valence-electron chi connectivity index (χ0n) is 13.1.